The number of hydroxylamine groups is 2. The highest BCUT2D eigenvalue weighted by Crippen LogP contribution is 2.58. The van der Waals surface area contributed by atoms with Gasteiger partial charge in [0.1, 0.15) is 5.41 Å². The average molecular weight is 399 g/mol. The maximum absolute atomic E-state index is 13.2. The van der Waals surface area contributed by atoms with Crippen LogP contribution in [0.2, 0.25) is 0 Å². The van der Waals surface area contributed by atoms with Crippen LogP contribution in [-0.4, -0.2) is 64.7 Å². The molecule has 2 fully saturated rings. The summed E-state index contributed by atoms with van der Waals surface area (Å²) in [5.41, 5.74) is -0.833. The number of piperazine rings is 1. The molecule has 2 N–H and O–H groups in total. The minimum Gasteiger partial charge on any atom is -0.367 e. The summed E-state index contributed by atoms with van der Waals surface area (Å²) >= 11 is 0. The highest BCUT2D eigenvalue weighted by Gasteiger charge is 2.69. The number of anilines is 1. The van der Waals surface area contributed by atoms with Gasteiger partial charge >= 0.3 is 6.18 Å². The Morgan fingerprint density at radius 1 is 1.07 bits per heavy atom. The second kappa shape index (κ2) is 7.44. The van der Waals surface area contributed by atoms with Crippen LogP contribution in [0.3, 0.4) is 0 Å². The summed E-state index contributed by atoms with van der Waals surface area (Å²) in [5, 5.41) is 16.8. The van der Waals surface area contributed by atoms with Crippen molar-refractivity contribution in [1.82, 2.24) is 10.1 Å². The molecule has 1 heterocycles. The smallest absolute Gasteiger partial charge is 0.367 e. The van der Waals surface area contributed by atoms with Gasteiger partial charge in [0.05, 0.1) is 0 Å². The van der Waals surface area contributed by atoms with Gasteiger partial charge in [0.2, 0.25) is 5.91 Å². The second-order valence-electron chi connectivity index (χ2n) is 6.88. The molecule has 0 spiro atoms. The van der Waals surface area contributed by atoms with Crippen molar-refractivity contribution in [2.24, 2.45) is 5.41 Å². The quantitative estimate of drug-likeness (QED) is 0.461. The number of nitrogens with zero attached hydrogens (tertiary/aromatic N) is 3. The fourth-order valence-corrected chi connectivity index (χ4v) is 3.34. The molecule has 0 radical (unpaired) electrons. The number of halogens is 3. The number of benzene rings is 1. The molecule has 1 aliphatic heterocycles. The molecule has 2 amide bonds. The third-order valence-corrected chi connectivity index (χ3v) is 5.15. The summed E-state index contributed by atoms with van der Waals surface area (Å²) in [7, 11) is 0. The summed E-state index contributed by atoms with van der Waals surface area (Å²) < 4.78 is 39.5. The van der Waals surface area contributed by atoms with E-state index >= 15 is 0 Å². The lowest BCUT2D eigenvalue weighted by molar-refractivity contribution is -0.280. The van der Waals surface area contributed by atoms with Crippen molar-refractivity contribution in [3.8, 4) is 0 Å². The first kappa shape index (κ1) is 20.2. The monoisotopic (exact) mass is 399 g/mol. The van der Waals surface area contributed by atoms with Crippen molar-refractivity contribution >= 4 is 23.6 Å². The van der Waals surface area contributed by atoms with Crippen molar-refractivity contribution in [3.05, 3.63) is 35.9 Å². The van der Waals surface area contributed by atoms with Gasteiger partial charge in [0.25, 0.3) is 5.91 Å². The van der Waals surface area contributed by atoms with Crippen molar-refractivity contribution in [1.29, 1.82) is 0 Å². The SMILES string of the molecule is O=C(/C=C/c1ccccc1N1CCN(C(=O)C2(C(F)(F)F)CC2)CC1)N(O)O. The van der Waals surface area contributed by atoms with E-state index < -0.39 is 28.6 Å². The molecule has 1 aromatic rings. The fourth-order valence-electron chi connectivity index (χ4n) is 3.34. The lowest BCUT2D eigenvalue weighted by atomic mass is 10.0. The van der Waals surface area contributed by atoms with E-state index in [0.717, 1.165) is 11.8 Å². The Hall–Kier alpha value is -2.59. The van der Waals surface area contributed by atoms with Gasteiger partial charge in [-0.25, -0.2) is 0 Å². The van der Waals surface area contributed by atoms with E-state index in [1.165, 1.54) is 11.0 Å². The molecule has 1 saturated carbocycles. The Balaban J connectivity index is 1.68. The van der Waals surface area contributed by atoms with Gasteiger partial charge in [0.15, 0.2) is 0 Å². The first-order chi connectivity index (χ1) is 13.2. The molecular weight excluding hydrogens is 379 g/mol. The Bertz CT molecular complexity index is 783. The van der Waals surface area contributed by atoms with Crippen LogP contribution in [-0.2, 0) is 9.59 Å². The third-order valence-electron chi connectivity index (χ3n) is 5.15. The number of carbonyl (C=O) groups is 2. The second-order valence-corrected chi connectivity index (χ2v) is 6.88. The summed E-state index contributed by atoms with van der Waals surface area (Å²) in [6, 6.07) is 7.02. The maximum atomic E-state index is 13.2. The molecule has 28 heavy (non-hydrogen) atoms. The zero-order chi connectivity index (χ0) is 20.5. The minimum absolute atomic E-state index is 0.149. The zero-order valence-corrected chi connectivity index (χ0v) is 14.9. The molecule has 1 saturated heterocycles. The molecule has 3 rings (SSSR count). The van der Waals surface area contributed by atoms with Crippen molar-refractivity contribution in [2.45, 2.75) is 19.0 Å². The molecule has 0 aromatic heterocycles. The van der Waals surface area contributed by atoms with Gasteiger partial charge < -0.3 is 9.80 Å². The Morgan fingerprint density at radius 2 is 1.68 bits per heavy atom. The van der Waals surface area contributed by atoms with Gasteiger partial charge in [-0.05, 0) is 30.5 Å². The molecule has 152 valence electrons. The predicted octanol–water partition coefficient (Wildman–Crippen LogP) is 2.30. The van der Waals surface area contributed by atoms with Crippen LogP contribution in [0.25, 0.3) is 6.08 Å². The molecule has 0 atom stereocenters. The van der Waals surface area contributed by atoms with E-state index in [2.05, 4.69) is 0 Å². The van der Waals surface area contributed by atoms with Crippen LogP contribution in [0.4, 0.5) is 18.9 Å². The predicted molar refractivity (Wildman–Crippen MR) is 92.4 cm³/mol. The maximum Gasteiger partial charge on any atom is 0.403 e. The molecule has 1 aromatic carbocycles. The highest BCUT2D eigenvalue weighted by atomic mass is 19.4. The fraction of sp³-hybridized carbons (Fsp3) is 0.444. The van der Waals surface area contributed by atoms with E-state index in [9.17, 15) is 22.8 Å². The number of alkyl halides is 3. The third kappa shape index (κ3) is 3.83. The molecule has 2 aliphatic rings. The van der Waals surface area contributed by atoms with E-state index in [-0.39, 0.29) is 25.9 Å². The van der Waals surface area contributed by atoms with E-state index in [1.54, 1.807) is 24.3 Å². The average Bonchev–Trinajstić information content (AvgIpc) is 3.48. The van der Waals surface area contributed by atoms with Crippen molar-refractivity contribution in [2.75, 3.05) is 31.1 Å². The van der Waals surface area contributed by atoms with E-state index in [0.29, 0.717) is 18.7 Å². The topological polar surface area (TPSA) is 84.3 Å². The van der Waals surface area contributed by atoms with Crippen LogP contribution < -0.4 is 4.90 Å². The molecule has 10 heteroatoms. The first-order valence-corrected chi connectivity index (χ1v) is 8.76. The highest BCUT2D eigenvalue weighted by molar-refractivity contribution is 5.91. The zero-order valence-electron chi connectivity index (χ0n) is 14.9. The molecule has 0 unspecified atom stereocenters. The Labute approximate surface area is 159 Å². The van der Waals surface area contributed by atoms with E-state index in [4.69, 9.17) is 10.4 Å². The van der Waals surface area contributed by atoms with Crippen LogP contribution in [0, 0.1) is 5.41 Å². The van der Waals surface area contributed by atoms with Gasteiger partial charge in [-0.1, -0.05) is 23.4 Å². The van der Waals surface area contributed by atoms with Crippen LogP contribution in [0.15, 0.2) is 30.3 Å². The Kier molecular flexibility index (Phi) is 5.35. The number of para-hydroxylation sites is 1. The van der Waals surface area contributed by atoms with Gasteiger partial charge in [-0.15, -0.1) is 0 Å². The lowest BCUT2D eigenvalue weighted by Crippen LogP contribution is -2.53. The van der Waals surface area contributed by atoms with Gasteiger partial charge in [0, 0.05) is 37.9 Å². The standard InChI is InChI=1S/C18H20F3N3O4/c19-18(20,21)17(7-8-17)16(26)23-11-9-22(10-12-23)14-4-2-1-3-13(14)5-6-15(25)24(27)28/h1-6,27-28H,7-12H2/b6-5+. The van der Waals surface area contributed by atoms with Crippen molar-refractivity contribution < 1.29 is 33.2 Å². The number of amides is 2. The molecule has 1 aliphatic carbocycles. The Morgan fingerprint density at radius 3 is 2.21 bits per heavy atom. The minimum atomic E-state index is -4.52. The first-order valence-electron chi connectivity index (χ1n) is 8.76. The number of rotatable bonds is 4. The summed E-state index contributed by atoms with van der Waals surface area (Å²) in [6.45, 7) is 1.05. The van der Waals surface area contributed by atoms with Gasteiger partial charge in [-0.2, -0.15) is 13.2 Å². The number of carbonyl (C=O) groups excluding carboxylic acids is 2. The molecule has 0 bridgehead atoms. The summed E-state index contributed by atoms with van der Waals surface area (Å²) in [5.74, 6) is -1.86. The van der Waals surface area contributed by atoms with E-state index in [1.807, 2.05) is 4.90 Å². The molecular formula is C18H20F3N3O4. The van der Waals surface area contributed by atoms with Gasteiger partial charge in [-0.3, -0.25) is 20.0 Å². The van der Waals surface area contributed by atoms with Crippen LogP contribution in [0.5, 0.6) is 0 Å². The van der Waals surface area contributed by atoms with Crippen LogP contribution >= 0.6 is 0 Å². The summed E-state index contributed by atoms with van der Waals surface area (Å²) in [4.78, 5) is 26.8. The molecule has 7 nitrogen and oxygen atoms in total. The summed E-state index contributed by atoms with van der Waals surface area (Å²) in [6.07, 6.45) is -2.41. The lowest BCUT2D eigenvalue weighted by Gasteiger charge is -2.38. The van der Waals surface area contributed by atoms with Crippen molar-refractivity contribution in [3.63, 3.8) is 0 Å². The van der Waals surface area contributed by atoms with Crippen LogP contribution in [0.1, 0.15) is 18.4 Å². The number of hydrogen-bond donors (Lipinski definition) is 2. The largest absolute Gasteiger partial charge is 0.403 e. The number of hydrogen-bond acceptors (Lipinski definition) is 5. The normalized spacial score (nSPS) is 19.0.